The minimum absolute atomic E-state index is 0.0835. The maximum atomic E-state index is 13.6. The van der Waals surface area contributed by atoms with Crippen LogP contribution in [0.5, 0.6) is 0 Å². The maximum Gasteiger partial charge on any atom is 0.254 e. The van der Waals surface area contributed by atoms with Crippen LogP contribution >= 0.6 is 0 Å². The van der Waals surface area contributed by atoms with Crippen molar-refractivity contribution in [2.75, 3.05) is 31.1 Å². The fraction of sp³-hybridized carbons (Fsp3) is 0.185. The second-order valence-electron chi connectivity index (χ2n) is 8.00. The van der Waals surface area contributed by atoms with Crippen molar-refractivity contribution in [2.45, 2.75) is 6.92 Å². The van der Waals surface area contributed by atoms with Crippen LogP contribution in [0.4, 0.5) is 5.69 Å². The van der Waals surface area contributed by atoms with Crippen LogP contribution in [0, 0.1) is 6.92 Å². The van der Waals surface area contributed by atoms with E-state index in [1.165, 1.54) is 11.3 Å². The van der Waals surface area contributed by atoms with Crippen LogP contribution in [0.15, 0.2) is 84.9 Å². The van der Waals surface area contributed by atoms with Gasteiger partial charge < -0.3 is 9.80 Å². The fourth-order valence-electron chi connectivity index (χ4n) is 4.35. The molecule has 31 heavy (non-hydrogen) atoms. The zero-order chi connectivity index (χ0) is 21.2. The highest BCUT2D eigenvalue weighted by Crippen LogP contribution is 2.27. The maximum absolute atomic E-state index is 13.6. The van der Waals surface area contributed by atoms with Gasteiger partial charge in [0.05, 0.1) is 16.8 Å². The van der Waals surface area contributed by atoms with Gasteiger partial charge in [0, 0.05) is 42.8 Å². The molecule has 0 bridgehead atoms. The molecule has 4 nitrogen and oxygen atoms in total. The van der Waals surface area contributed by atoms with Gasteiger partial charge in [0.1, 0.15) is 0 Å². The molecule has 0 N–H and O–H groups in total. The molecule has 0 radical (unpaired) electrons. The molecule has 3 aromatic carbocycles. The molecule has 4 aromatic rings. The number of carbonyl (C=O) groups excluding carboxylic acids is 1. The van der Waals surface area contributed by atoms with Gasteiger partial charge in [0.15, 0.2) is 0 Å². The van der Waals surface area contributed by atoms with E-state index in [4.69, 9.17) is 4.98 Å². The summed E-state index contributed by atoms with van der Waals surface area (Å²) in [6.45, 7) is 5.24. The first-order valence-electron chi connectivity index (χ1n) is 10.8. The van der Waals surface area contributed by atoms with Gasteiger partial charge in [0.25, 0.3) is 5.91 Å². The van der Waals surface area contributed by atoms with E-state index >= 15 is 0 Å². The molecule has 1 aliphatic rings. The number of pyridine rings is 1. The number of fused-ring (bicyclic) bond motifs is 1. The zero-order valence-electron chi connectivity index (χ0n) is 17.7. The third-order valence-corrected chi connectivity index (χ3v) is 6.04. The number of carbonyl (C=O) groups is 1. The number of hydrogen-bond donors (Lipinski definition) is 0. The largest absolute Gasteiger partial charge is 0.368 e. The SMILES string of the molecule is Cc1ccccc1N1CCN(C(=O)c2cc(-c3ccccc3)nc3ccccc23)CC1. The normalized spacial score (nSPS) is 14.1. The summed E-state index contributed by atoms with van der Waals surface area (Å²) in [6, 6.07) is 28.4. The van der Waals surface area contributed by atoms with E-state index in [9.17, 15) is 4.79 Å². The molecule has 1 aliphatic heterocycles. The first kappa shape index (κ1) is 19.3. The van der Waals surface area contributed by atoms with Crippen LogP contribution < -0.4 is 4.90 Å². The van der Waals surface area contributed by atoms with Crippen LogP contribution in [0.3, 0.4) is 0 Å². The molecule has 0 spiro atoms. The monoisotopic (exact) mass is 407 g/mol. The number of anilines is 1. The summed E-state index contributed by atoms with van der Waals surface area (Å²) in [5.41, 5.74) is 5.97. The van der Waals surface area contributed by atoms with Gasteiger partial charge in [-0.15, -0.1) is 0 Å². The number of piperazine rings is 1. The summed E-state index contributed by atoms with van der Waals surface area (Å²) in [4.78, 5) is 22.8. The van der Waals surface area contributed by atoms with Gasteiger partial charge >= 0.3 is 0 Å². The minimum atomic E-state index is 0.0835. The van der Waals surface area contributed by atoms with Crippen LogP contribution in [-0.4, -0.2) is 42.0 Å². The summed E-state index contributed by atoms with van der Waals surface area (Å²) in [7, 11) is 0. The second kappa shape index (κ2) is 8.23. The highest BCUT2D eigenvalue weighted by molar-refractivity contribution is 6.07. The van der Waals surface area contributed by atoms with E-state index in [0.29, 0.717) is 13.1 Å². The van der Waals surface area contributed by atoms with Gasteiger partial charge in [-0.1, -0.05) is 66.7 Å². The molecule has 0 aliphatic carbocycles. The number of nitrogens with zero attached hydrogens (tertiary/aromatic N) is 3. The number of benzene rings is 3. The number of para-hydroxylation sites is 2. The average molecular weight is 408 g/mol. The summed E-state index contributed by atoms with van der Waals surface area (Å²) in [5.74, 6) is 0.0835. The van der Waals surface area contributed by atoms with Crippen LogP contribution in [0.25, 0.3) is 22.2 Å². The smallest absolute Gasteiger partial charge is 0.254 e. The third-order valence-electron chi connectivity index (χ3n) is 6.04. The lowest BCUT2D eigenvalue weighted by Crippen LogP contribution is -2.49. The Labute approximate surface area is 182 Å². The first-order valence-corrected chi connectivity index (χ1v) is 10.8. The Balaban J connectivity index is 1.44. The number of hydrogen-bond acceptors (Lipinski definition) is 3. The van der Waals surface area contributed by atoms with E-state index in [-0.39, 0.29) is 5.91 Å². The van der Waals surface area contributed by atoms with Crippen molar-refractivity contribution >= 4 is 22.5 Å². The van der Waals surface area contributed by atoms with E-state index in [1.807, 2.05) is 65.6 Å². The molecular weight excluding hydrogens is 382 g/mol. The van der Waals surface area contributed by atoms with Crippen molar-refractivity contribution in [1.82, 2.24) is 9.88 Å². The van der Waals surface area contributed by atoms with Gasteiger partial charge in [-0.3, -0.25) is 4.79 Å². The number of aromatic nitrogens is 1. The Morgan fingerprint density at radius 2 is 1.48 bits per heavy atom. The standard InChI is InChI=1S/C27H25N3O/c1-20-9-5-8-14-26(20)29-15-17-30(18-16-29)27(31)23-19-25(21-10-3-2-4-11-21)28-24-13-7-6-12-22(23)24/h2-14,19H,15-18H2,1H3. The highest BCUT2D eigenvalue weighted by Gasteiger charge is 2.25. The average Bonchev–Trinajstić information content (AvgIpc) is 2.84. The Morgan fingerprint density at radius 3 is 2.26 bits per heavy atom. The molecular formula is C27H25N3O. The van der Waals surface area contributed by atoms with Crippen molar-refractivity contribution in [1.29, 1.82) is 0 Å². The fourth-order valence-corrected chi connectivity index (χ4v) is 4.35. The third kappa shape index (κ3) is 3.77. The van der Waals surface area contributed by atoms with Gasteiger partial charge in [-0.05, 0) is 30.7 Å². The Bertz CT molecular complexity index is 1230. The summed E-state index contributed by atoms with van der Waals surface area (Å²) in [6.07, 6.45) is 0. The van der Waals surface area contributed by atoms with Crippen molar-refractivity contribution in [3.8, 4) is 11.3 Å². The molecule has 5 rings (SSSR count). The Hall–Kier alpha value is -3.66. The lowest BCUT2D eigenvalue weighted by atomic mass is 10.0. The van der Waals surface area contributed by atoms with Crippen LogP contribution in [0.1, 0.15) is 15.9 Å². The summed E-state index contributed by atoms with van der Waals surface area (Å²) < 4.78 is 0. The predicted octanol–water partition coefficient (Wildman–Crippen LogP) is 5.17. The van der Waals surface area contributed by atoms with Gasteiger partial charge in [0.2, 0.25) is 0 Å². The second-order valence-corrected chi connectivity index (χ2v) is 8.00. The van der Waals surface area contributed by atoms with Crippen molar-refractivity contribution < 1.29 is 4.79 Å². The van der Waals surface area contributed by atoms with Gasteiger partial charge in [-0.2, -0.15) is 0 Å². The molecule has 0 saturated carbocycles. The summed E-state index contributed by atoms with van der Waals surface area (Å²) in [5, 5.41) is 0.911. The number of amides is 1. The molecule has 154 valence electrons. The molecule has 4 heteroatoms. The van der Waals surface area contributed by atoms with Crippen molar-refractivity contribution in [3.05, 3.63) is 96.1 Å². The van der Waals surface area contributed by atoms with E-state index in [1.54, 1.807) is 0 Å². The summed E-state index contributed by atoms with van der Waals surface area (Å²) >= 11 is 0. The Kier molecular flexibility index (Phi) is 5.13. The lowest BCUT2D eigenvalue weighted by Gasteiger charge is -2.37. The Morgan fingerprint density at radius 1 is 0.806 bits per heavy atom. The molecule has 0 atom stereocenters. The van der Waals surface area contributed by atoms with E-state index in [2.05, 4.69) is 36.1 Å². The van der Waals surface area contributed by atoms with Crippen LogP contribution in [-0.2, 0) is 0 Å². The quantitative estimate of drug-likeness (QED) is 0.470. The van der Waals surface area contributed by atoms with Crippen molar-refractivity contribution in [3.63, 3.8) is 0 Å². The topological polar surface area (TPSA) is 36.4 Å². The molecule has 1 aromatic heterocycles. The first-order chi connectivity index (χ1) is 15.2. The lowest BCUT2D eigenvalue weighted by molar-refractivity contribution is 0.0748. The molecule has 1 fully saturated rings. The highest BCUT2D eigenvalue weighted by atomic mass is 16.2. The molecule has 2 heterocycles. The number of rotatable bonds is 3. The molecule has 1 saturated heterocycles. The van der Waals surface area contributed by atoms with Crippen molar-refractivity contribution in [2.24, 2.45) is 0 Å². The van der Waals surface area contributed by atoms with Gasteiger partial charge in [-0.25, -0.2) is 4.98 Å². The van der Waals surface area contributed by atoms with Crippen LogP contribution in [0.2, 0.25) is 0 Å². The zero-order valence-corrected chi connectivity index (χ0v) is 17.7. The number of aryl methyl sites for hydroxylation is 1. The molecule has 0 unspecified atom stereocenters. The molecule has 1 amide bonds. The predicted molar refractivity (Wildman–Crippen MR) is 126 cm³/mol. The van der Waals surface area contributed by atoms with E-state index in [0.717, 1.165) is 40.8 Å². The van der Waals surface area contributed by atoms with E-state index < -0.39 is 0 Å². The minimum Gasteiger partial charge on any atom is -0.368 e.